The van der Waals surface area contributed by atoms with Crippen LogP contribution in [-0.2, 0) is 19.2 Å². The molecule has 0 aliphatic carbocycles. The number of nitrogens with zero attached hydrogens (tertiary/aromatic N) is 1. The SMILES string of the molecule is CN(CCC(=O)NCC(C)(C)NCC(O)c1ccc(OC(=O)C(C)(C)C)c(OC(=O)C(C)(C)C)c1)C(=O)COc1ccccc1. The van der Waals surface area contributed by atoms with Gasteiger partial charge >= 0.3 is 11.9 Å². The molecule has 11 nitrogen and oxygen atoms in total. The molecular formula is C34H49N3O8. The molecule has 3 N–H and O–H groups in total. The van der Waals surface area contributed by atoms with Crippen molar-refractivity contribution in [2.24, 2.45) is 10.8 Å². The van der Waals surface area contributed by atoms with Crippen molar-refractivity contribution in [1.29, 1.82) is 0 Å². The molecule has 0 spiro atoms. The molecule has 248 valence electrons. The van der Waals surface area contributed by atoms with Crippen molar-refractivity contribution in [2.45, 2.75) is 73.5 Å². The number of nitrogens with one attached hydrogen (secondary N) is 2. The lowest BCUT2D eigenvalue weighted by atomic mass is 9.97. The van der Waals surface area contributed by atoms with E-state index in [1.165, 1.54) is 17.0 Å². The van der Waals surface area contributed by atoms with Gasteiger partial charge in [0.1, 0.15) is 5.75 Å². The summed E-state index contributed by atoms with van der Waals surface area (Å²) in [5, 5.41) is 17.1. The summed E-state index contributed by atoms with van der Waals surface area (Å²) in [6.07, 6.45) is -0.883. The first-order chi connectivity index (χ1) is 20.8. The van der Waals surface area contributed by atoms with Crippen LogP contribution in [0.25, 0.3) is 0 Å². The van der Waals surface area contributed by atoms with E-state index in [-0.39, 0.29) is 56.0 Å². The molecule has 11 heteroatoms. The van der Waals surface area contributed by atoms with E-state index in [4.69, 9.17) is 14.2 Å². The van der Waals surface area contributed by atoms with Crippen LogP contribution in [0.3, 0.4) is 0 Å². The number of ether oxygens (including phenoxy) is 3. The minimum atomic E-state index is -1.00. The summed E-state index contributed by atoms with van der Waals surface area (Å²) in [4.78, 5) is 51.4. The van der Waals surface area contributed by atoms with Crippen LogP contribution in [0.5, 0.6) is 17.2 Å². The van der Waals surface area contributed by atoms with Crippen LogP contribution in [0.2, 0.25) is 0 Å². The second kappa shape index (κ2) is 15.9. The maximum absolute atomic E-state index is 12.6. The first-order valence-electron chi connectivity index (χ1n) is 15.0. The fraction of sp³-hybridized carbons (Fsp3) is 0.529. The molecule has 2 aromatic carbocycles. The number of β-amino-alcohol motifs (C(OH)–C–C–N with tert-alkyl or cyclic N) is 1. The first kappa shape index (κ1) is 37.2. The number of aliphatic hydroxyl groups excluding tert-OH is 1. The highest BCUT2D eigenvalue weighted by molar-refractivity contribution is 5.81. The molecular weight excluding hydrogens is 578 g/mol. The number of carbonyl (C=O) groups is 4. The zero-order chi connectivity index (χ0) is 34.0. The van der Waals surface area contributed by atoms with Gasteiger partial charge in [0.2, 0.25) is 5.91 Å². The molecule has 0 saturated heterocycles. The lowest BCUT2D eigenvalue weighted by molar-refractivity contribution is -0.145. The molecule has 2 rings (SSSR count). The fourth-order valence-electron chi connectivity index (χ4n) is 3.53. The maximum atomic E-state index is 12.6. The molecule has 0 saturated carbocycles. The molecule has 0 aliphatic heterocycles. The Morgan fingerprint density at radius 3 is 2.00 bits per heavy atom. The second-order valence-corrected chi connectivity index (χ2v) is 13.7. The van der Waals surface area contributed by atoms with Gasteiger partial charge in [0.25, 0.3) is 5.91 Å². The van der Waals surface area contributed by atoms with E-state index >= 15 is 0 Å². The van der Waals surface area contributed by atoms with Gasteiger partial charge in [0.05, 0.1) is 16.9 Å². The summed E-state index contributed by atoms with van der Waals surface area (Å²) in [5.74, 6) is -0.766. The highest BCUT2D eigenvalue weighted by atomic mass is 16.6. The van der Waals surface area contributed by atoms with Crippen LogP contribution in [0.4, 0.5) is 0 Å². The second-order valence-electron chi connectivity index (χ2n) is 13.7. The Hall–Kier alpha value is -3.96. The number of hydrogen-bond acceptors (Lipinski definition) is 9. The number of esters is 2. The van der Waals surface area contributed by atoms with Crippen LogP contribution >= 0.6 is 0 Å². The molecule has 45 heavy (non-hydrogen) atoms. The minimum Gasteiger partial charge on any atom is -0.484 e. The quantitative estimate of drug-likeness (QED) is 0.209. The zero-order valence-corrected chi connectivity index (χ0v) is 28.0. The van der Waals surface area contributed by atoms with E-state index in [1.807, 2.05) is 32.0 Å². The van der Waals surface area contributed by atoms with Gasteiger partial charge in [-0.05, 0) is 85.2 Å². The van der Waals surface area contributed by atoms with E-state index in [0.717, 1.165) is 0 Å². The molecule has 0 radical (unpaired) electrons. The predicted molar refractivity (Wildman–Crippen MR) is 171 cm³/mol. The number of aliphatic hydroxyl groups is 1. The van der Waals surface area contributed by atoms with E-state index in [0.29, 0.717) is 11.3 Å². The maximum Gasteiger partial charge on any atom is 0.316 e. The van der Waals surface area contributed by atoms with Gasteiger partial charge in [-0.3, -0.25) is 19.2 Å². The summed E-state index contributed by atoms with van der Waals surface area (Å²) < 4.78 is 16.6. The average Bonchev–Trinajstić information content (AvgIpc) is 2.96. The Morgan fingerprint density at radius 2 is 1.42 bits per heavy atom. The van der Waals surface area contributed by atoms with Gasteiger partial charge in [-0.15, -0.1) is 0 Å². The highest BCUT2D eigenvalue weighted by Crippen LogP contribution is 2.34. The number of rotatable bonds is 14. The fourth-order valence-corrected chi connectivity index (χ4v) is 3.53. The molecule has 0 bridgehead atoms. The number of hydrogen-bond donors (Lipinski definition) is 3. The molecule has 1 unspecified atom stereocenters. The van der Waals surface area contributed by atoms with Gasteiger partial charge in [0.15, 0.2) is 18.1 Å². The summed E-state index contributed by atoms with van der Waals surface area (Å²) in [7, 11) is 1.62. The molecule has 0 fully saturated rings. The van der Waals surface area contributed by atoms with Crippen molar-refractivity contribution in [1.82, 2.24) is 15.5 Å². The number of amides is 2. The number of para-hydroxylation sites is 1. The van der Waals surface area contributed by atoms with Crippen molar-refractivity contribution in [3.05, 3.63) is 54.1 Å². The lowest BCUT2D eigenvalue weighted by Gasteiger charge is -2.28. The largest absolute Gasteiger partial charge is 0.484 e. The Bertz CT molecular complexity index is 1310. The van der Waals surface area contributed by atoms with Crippen molar-refractivity contribution in [3.63, 3.8) is 0 Å². The predicted octanol–water partition coefficient (Wildman–Crippen LogP) is 4.03. The van der Waals surface area contributed by atoms with Gasteiger partial charge in [-0.1, -0.05) is 24.3 Å². The standard InChI is InChI=1S/C34H49N3O8/c1-32(2,3)30(41)44-26-16-15-23(19-27(26)45-31(42)33(4,5)6)25(38)20-36-34(7,8)22-35-28(39)17-18-37(9)29(40)21-43-24-13-11-10-12-14-24/h10-16,19,25,36,38H,17-18,20-22H2,1-9H3,(H,35,39). The number of carbonyl (C=O) groups excluding carboxylic acids is 4. The molecule has 0 aromatic heterocycles. The highest BCUT2D eigenvalue weighted by Gasteiger charge is 2.29. The van der Waals surface area contributed by atoms with Crippen molar-refractivity contribution >= 4 is 23.8 Å². The van der Waals surface area contributed by atoms with Crippen LogP contribution in [0.1, 0.15) is 73.5 Å². The summed E-state index contributed by atoms with van der Waals surface area (Å²) in [6.45, 7) is 14.5. The van der Waals surface area contributed by atoms with Crippen LogP contribution in [0, 0.1) is 10.8 Å². The Morgan fingerprint density at radius 1 is 0.844 bits per heavy atom. The van der Waals surface area contributed by atoms with E-state index < -0.39 is 34.4 Å². The van der Waals surface area contributed by atoms with Crippen LogP contribution in [-0.4, -0.2) is 72.6 Å². The third kappa shape index (κ3) is 12.9. The van der Waals surface area contributed by atoms with Gasteiger partial charge in [-0.25, -0.2) is 0 Å². The summed E-state index contributed by atoms with van der Waals surface area (Å²) >= 11 is 0. The minimum absolute atomic E-state index is 0.0330. The number of benzene rings is 2. The Balaban J connectivity index is 1.92. The van der Waals surface area contributed by atoms with Gasteiger partial charge in [-0.2, -0.15) is 0 Å². The van der Waals surface area contributed by atoms with Gasteiger partial charge < -0.3 is 34.9 Å². The molecule has 2 aromatic rings. The number of likely N-dealkylation sites (N-methyl/N-ethyl adjacent to an activating group) is 1. The van der Waals surface area contributed by atoms with E-state index in [2.05, 4.69) is 10.6 Å². The Labute approximate surface area is 266 Å². The van der Waals surface area contributed by atoms with Crippen molar-refractivity contribution < 1.29 is 38.5 Å². The van der Waals surface area contributed by atoms with Crippen LogP contribution < -0.4 is 24.8 Å². The van der Waals surface area contributed by atoms with E-state index in [1.54, 1.807) is 66.8 Å². The Kier molecular flexibility index (Phi) is 13.1. The molecule has 0 aliphatic rings. The molecule has 2 amide bonds. The zero-order valence-electron chi connectivity index (χ0n) is 28.0. The smallest absolute Gasteiger partial charge is 0.316 e. The van der Waals surface area contributed by atoms with E-state index in [9.17, 15) is 24.3 Å². The molecule has 0 heterocycles. The third-order valence-electron chi connectivity index (χ3n) is 6.69. The average molecular weight is 628 g/mol. The third-order valence-corrected chi connectivity index (χ3v) is 6.69. The van der Waals surface area contributed by atoms with Crippen LogP contribution in [0.15, 0.2) is 48.5 Å². The first-order valence-corrected chi connectivity index (χ1v) is 15.0. The topological polar surface area (TPSA) is 144 Å². The summed E-state index contributed by atoms with van der Waals surface area (Å²) in [6, 6.07) is 13.6. The normalized spacial score (nSPS) is 12.6. The van der Waals surface area contributed by atoms with Crippen molar-refractivity contribution in [3.8, 4) is 17.2 Å². The lowest BCUT2D eigenvalue weighted by Crippen LogP contribution is -2.50. The monoisotopic (exact) mass is 627 g/mol. The summed E-state index contributed by atoms with van der Waals surface area (Å²) in [5.41, 5.74) is -1.73. The van der Waals surface area contributed by atoms with Gasteiger partial charge in [0, 0.05) is 38.6 Å². The van der Waals surface area contributed by atoms with Crippen molar-refractivity contribution in [2.75, 3.05) is 33.3 Å². The molecule has 1 atom stereocenters.